The molecule has 0 saturated carbocycles. The van der Waals surface area contributed by atoms with Gasteiger partial charge >= 0.3 is 0 Å². The molecule has 5 nitrogen and oxygen atoms in total. The van der Waals surface area contributed by atoms with Crippen LogP contribution in [0.3, 0.4) is 0 Å². The summed E-state index contributed by atoms with van der Waals surface area (Å²) in [5, 5.41) is 5.85. The van der Waals surface area contributed by atoms with E-state index in [-0.39, 0.29) is 11.8 Å². The Morgan fingerprint density at radius 3 is 1.74 bits per heavy atom. The van der Waals surface area contributed by atoms with E-state index < -0.39 is 0 Å². The molecule has 200 valence electrons. The number of nitrogens with zero attached hydrogens (tertiary/aromatic N) is 1. The van der Waals surface area contributed by atoms with Crippen molar-refractivity contribution in [2.75, 3.05) is 13.1 Å². The number of amides is 2. The van der Waals surface area contributed by atoms with Gasteiger partial charge < -0.3 is 10.6 Å². The van der Waals surface area contributed by atoms with Gasteiger partial charge in [-0.2, -0.15) is 0 Å². The topological polar surface area (TPSA) is 61.4 Å². The van der Waals surface area contributed by atoms with Crippen LogP contribution < -0.4 is 10.6 Å². The van der Waals surface area contributed by atoms with Gasteiger partial charge in [-0.1, -0.05) is 99.5 Å². The molecule has 3 aromatic carbocycles. The summed E-state index contributed by atoms with van der Waals surface area (Å²) < 4.78 is 0. The smallest absolute Gasteiger partial charge is 0.258 e. The van der Waals surface area contributed by atoms with Gasteiger partial charge in [0.1, 0.15) is 0 Å². The molecular weight excluding hydrogens is 482 g/mol. The van der Waals surface area contributed by atoms with Crippen molar-refractivity contribution in [2.45, 2.75) is 53.0 Å². The van der Waals surface area contributed by atoms with Gasteiger partial charge in [0.05, 0.1) is 22.5 Å². The van der Waals surface area contributed by atoms with Crippen molar-refractivity contribution in [2.24, 2.45) is 0 Å². The van der Waals surface area contributed by atoms with Crippen LogP contribution in [0.2, 0.25) is 0 Å². The first kappa shape index (κ1) is 26.6. The zero-order chi connectivity index (χ0) is 27.4. The Morgan fingerprint density at radius 2 is 1.21 bits per heavy atom. The monoisotopic (exact) mass is 519 g/mol. The number of carbonyl (C=O) groups is 2. The molecule has 2 aliphatic heterocycles. The first-order valence-electron chi connectivity index (χ1n) is 14.1. The average Bonchev–Trinajstić information content (AvgIpc) is 3.48. The highest BCUT2D eigenvalue weighted by molar-refractivity contribution is 6.30. The fraction of sp³-hybridized carbons (Fsp3) is 0.294. The molecule has 5 rings (SSSR count). The van der Waals surface area contributed by atoms with Crippen molar-refractivity contribution in [3.05, 3.63) is 106 Å². The minimum absolute atomic E-state index is 0.250. The molecule has 2 N–H and O–H groups in total. The zero-order valence-electron chi connectivity index (χ0n) is 23.1. The molecule has 39 heavy (non-hydrogen) atoms. The summed E-state index contributed by atoms with van der Waals surface area (Å²) in [6.07, 6.45) is 4.90. The number of fused-ring (bicyclic) bond motifs is 1. The second-order valence-electron chi connectivity index (χ2n) is 10.5. The van der Waals surface area contributed by atoms with Crippen LogP contribution in [-0.2, 0) is 16.1 Å². The zero-order valence-corrected chi connectivity index (χ0v) is 23.1. The van der Waals surface area contributed by atoms with E-state index in [9.17, 15) is 9.59 Å². The standard InChI is InChI=1S/C34H37N3O2/c1-4-6-19-37(20-7-5-2)22-24-13-18-28(23(3)21-24)25-14-16-27(17-15-25)32-30-29(33(38)36-32)31(35-34(30)39)26-11-9-8-10-12-26/h8-18,21H,4-7,19-20,22H2,1-3H3,(H,35,39)(H,36,38). The van der Waals surface area contributed by atoms with Crippen LogP contribution >= 0.6 is 0 Å². The summed E-state index contributed by atoms with van der Waals surface area (Å²) in [5.41, 5.74) is 8.51. The normalized spacial score (nSPS) is 14.8. The number of carbonyl (C=O) groups excluding carboxylic acids is 2. The Morgan fingerprint density at radius 1 is 0.667 bits per heavy atom. The molecule has 0 aromatic heterocycles. The maximum Gasteiger partial charge on any atom is 0.258 e. The van der Waals surface area contributed by atoms with Crippen LogP contribution in [0.1, 0.15) is 61.8 Å². The van der Waals surface area contributed by atoms with Crippen molar-refractivity contribution in [1.82, 2.24) is 15.5 Å². The highest BCUT2D eigenvalue weighted by Crippen LogP contribution is 2.37. The lowest BCUT2D eigenvalue weighted by Crippen LogP contribution is -2.25. The van der Waals surface area contributed by atoms with Gasteiger partial charge in [-0.25, -0.2) is 0 Å². The van der Waals surface area contributed by atoms with Crippen molar-refractivity contribution >= 4 is 23.2 Å². The SMILES string of the molecule is CCCCN(CCCC)Cc1ccc(-c2ccc(C3=C4C(=O)NC(c5ccccc5)=C4C(=O)N3)cc2)c(C)c1. The third-order valence-electron chi connectivity index (χ3n) is 7.58. The van der Waals surface area contributed by atoms with E-state index in [1.165, 1.54) is 42.4 Å². The second kappa shape index (κ2) is 11.8. The minimum atomic E-state index is -0.250. The van der Waals surface area contributed by atoms with Gasteiger partial charge in [0.25, 0.3) is 11.8 Å². The number of aryl methyl sites for hydroxylation is 1. The number of hydrogen-bond donors (Lipinski definition) is 2. The predicted octanol–water partition coefficient (Wildman–Crippen LogP) is 6.45. The summed E-state index contributed by atoms with van der Waals surface area (Å²) in [6, 6.07) is 24.4. The van der Waals surface area contributed by atoms with Crippen molar-refractivity contribution in [3.63, 3.8) is 0 Å². The third-order valence-corrected chi connectivity index (χ3v) is 7.58. The van der Waals surface area contributed by atoms with Crippen molar-refractivity contribution < 1.29 is 9.59 Å². The molecule has 0 atom stereocenters. The Balaban J connectivity index is 1.38. The molecule has 0 spiro atoms. The quantitative estimate of drug-likeness (QED) is 0.306. The largest absolute Gasteiger partial charge is 0.321 e. The molecule has 0 fully saturated rings. The Hall–Kier alpha value is -3.96. The number of unbranched alkanes of at least 4 members (excludes halogenated alkanes) is 2. The summed E-state index contributed by atoms with van der Waals surface area (Å²) >= 11 is 0. The minimum Gasteiger partial charge on any atom is -0.321 e. The highest BCUT2D eigenvalue weighted by Gasteiger charge is 2.40. The van der Waals surface area contributed by atoms with Gasteiger partial charge in [-0.3, -0.25) is 14.5 Å². The van der Waals surface area contributed by atoms with Crippen LogP contribution in [0.25, 0.3) is 22.5 Å². The molecule has 0 bridgehead atoms. The molecular formula is C34H37N3O2. The van der Waals surface area contributed by atoms with E-state index in [1.54, 1.807) is 0 Å². The molecule has 0 unspecified atom stereocenters. The maximum absolute atomic E-state index is 12.9. The molecule has 2 amide bonds. The highest BCUT2D eigenvalue weighted by atomic mass is 16.2. The van der Waals surface area contributed by atoms with Crippen LogP contribution in [0.5, 0.6) is 0 Å². The Labute approximate surface area is 231 Å². The first-order chi connectivity index (χ1) is 19.0. The molecule has 0 saturated heterocycles. The summed E-state index contributed by atoms with van der Waals surface area (Å²) in [4.78, 5) is 28.4. The van der Waals surface area contributed by atoms with E-state index in [2.05, 4.69) is 66.6 Å². The Kier molecular flexibility index (Phi) is 8.08. The lowest BCUT2D eigenvalue weighted by atomic mass is 9.96. The van der Waals surface area contributed by atoms with Crippen molar-refractivity contribution in [1.29, 1.82) is 0 Å². The maximum atomic E-state index is 12.9. The summed E-state index contributed by atoms with van der Waals surface area (Å²) in [7, 11) is 0. The Bertz CT molecular complexity index is 1430. The molecule has 2 aliphatic rings. The number of hydrogen-bond acceptors (Lipinski definition) is 3. The molecule has 3 aromatic rings. The van der Waals surface area contributed by atoms with Gasteiger partial charge in [-0.15, -0.1) is 0 Å². The predicted molar refractivity (Wildman–Crippen MR) is 158 cm³/mol. The lowest BCUT2D eigenvalue weighted by molar-refractivity contribution is -0.117. The summed E-state index contributed by atoms with van der Waals surface area (Å²) in [6.45, 7) is 9.95. The third kappa shape index (κ3) is 5.59. The second-order valence-corrected chi connectivity index (χ2v) is 10.5. The van der Waals surface area contributed by atoms with Gasteiger partial charge in [0, 0.05) is 6.54 Å². The summed E-state index contributed by atoms with van der Waals surface area (Å²) in [5.74, 6) is -0.501. The number of rotatable bonds is 11. The lowest BCUT2D eigenvalue weighted by Gasteiger charge is -2.22. The van der Waals surface area contributed by atoms with Crippen LogP contribution in [-0.4, -0.2) is 29.8 Å². The average molecular weight is 520 g/mol. The van der Waals surface area contributed by atoms with E-state index in [0.29, 0.717) is 22.5 Å². The van der Waals surface area contributed by atoms with E-state index >= 15 is 0 Å². The van der Waals surface area contributed by atoms with E-state index in [4.69, 9.17) is 0 Å². The number of benzene rings is 3. The molecule has 0 aliphatic carbocycles. The van der Waals surface area contributed by atoms with Crippen LogP contribution in [0, 0.1) is 6.92 Å². The van der Waals surface area contributed by atoms with Gasteiger partial charge in [0.2, 0.25) is 0 Å². The van der Waals surface area contributed by atoms with Gasteiger partial charge in [0.15, 0.2) is 0 Å². The first-order valence-corrected chi connectivity index (χ1v) is 14.1. The van der Waals surface area contributed by atoms with Crippen LogP contribution in [0.15, 0.2) is 83.9 Å². The van der Waals surface area contributed by atoms with Crippen molar-refractivity contribution in [3.8, 4) is 11.1 Å². The van der Waals surface area contributed by atoms with Gasteiger partial charge in [-0.05, 0) is 66.2 Å². The fourth-order valence-corrected chi connectivity index (χ4v) is 5.48. The fourth-order valence-electron chi connectivity index (χ4n) is 5.48. The number of nitrogens with one attached hydrogen (secondary N) is 2. The molecule has 5 heteroatoms. The molecule has 0 radical (unpaired) electrons. The van der Waals surface area contributed by atoms with E-state index in [0.717, 1.165) is 36.3 Å². The molecule has 2 heterocycles. The van der Waals surface area contributed by atoms with Crippen LogP contribution in [0.4, 0.5) is 0 Å². The van der Waals surface area contributed by atoms with E-state index in [1.807, 2.05) is 42.5 Å².